The zero-order chi connectivity index (χ0) is 16.4. The molecule has 0 bridgehead atoms. The zero-order valence-electron chi connectivity index (χ0n) is 13.4. The van der Waals surface area contributed by atoms with Gasteiger partial charge in [-0.3, -0.25) is 4.79 Å². The molecule has 0 aromatic carbocycles. The number of carbonyl (C=O) groups is 1. The molecule has 1 fully saturated rings. The van der Waals surface area contributed by atoms with Crippen molar-refractivity contribution in [2.75, 3.05) is 5.75 Å². The van der Waals surface area contributed by atoms with Crippen molar-refractivity contribution in [1.29, 1.82) is 0 Å². The lowest BCUT2D eigenvalue weighted by Crippen LogP contribution is -2.46. The van der Waals surface area contributed by atoms with E-state index in [-0.39, 0.29) is 5.25 Å². The average molecular weight is 345 g/mol. The van der Waals surface area contributed by atoms with E-state index in [9.17, 15) is 13.2 Å². The predicted octanol–water partition coefficient (Wildman–Crippen LogP) is 2.55. The molecule has 1 aliphatic rings. The smallest absolute Gasteiger partial charge is 0.235 e. The first-order valence-electron chi connectivity index (χ1n) is 7.72. The number of sulfone groups is 1. The molecule has 1 atom stereocenters. The lowest BCUT2D eigenvalue weighted by atomic mass is 10.00. The van der Waals surface area contributed by atoms with Crippen LogP contribution in [0.15, 0.2) is 5.38 Å². The molecule has 1 aliphatic carbocycles. The number of aryl methyl sites for hydroxylation is 1. The van der Waals surface area contributed by atoms with E-state index < -0.39 is 27.0 Å². The highest BCUT2D eigenvalue weighted by atomic mass is 32.2. The summed E-state index contributed by atoms with van der Waals surface area (Å²) >= 11 is 1.49. The number of aromatic nitrogens is 1. The molecule has 1 heterocycles. The van der Waals surface area contributed by atoms with E-state index in [1.807, 2.05) is 26.2 Å². The van der Waals surface area contributed by atoms with Crippen LogP contribution in [-0.4, -0.2) is 30.3 Å². The Morgan fingerprint density at radius 1 is 1.45 bits per heavy atom. The minimum atomic E-state index is -3.35. The lowest BCUT2D eigenvalue weighted by Gasteiger charge is -2.27. The zero-order valence-corrected chi connectivity index (χ0v) is 15.0. The standard InChI is InChI=1S/C15H24N2O3S2/c1-4-15(3,14-16-11(2)9-21-14)17-13(18)10-22(19,20)12-7-5-6-8-12/h9,12H,4-8,10H2,1-3H3,(H,17,18)/t15-/m1/s1. The topological polar surface area (TPSA) is 76.1 Å². The molecule has 1 aromatic rings. The minimum Gasteiger partial charge on any atom is -0.344 e. The summed E-state index contributed by atoms with van der Waals surface area (Å²) in [5.41, 5.74) is 0.300. The molecular formula is C15H24N2O3S2. The van der Waals surface area contributed by atoms with Gasteiger partial charge in [0, 0.05) is 11.1 Å². The van der Waals surface area contributed by atoms with Crippen LogP contribution in [-0.2, 0) is 20.2 Å². The van der Waals surface area contributed by atoms with Gasteiger partial charge in [0.05, 0.1) is 10.8 Å². The summed E-state index contributed by atoms with van der Waals surface area (Å²) in [7, 11) is -3.35. The monoisotopic (exact) mass is 344 g/mol. The van der Waals surface area contributed by atoms with Crippen LogP contribution in [0.3, 0.4) is 0 Å². The summed E-state index contributed by atoms with van der Waals surface area (Å²) in [5.74, 6) is -0.846. The Morgan fingerprint density at radius 2 is 2.09 bits per heavy atom. The van der Waals surface area contributed by atoms with Crippen molar-refractivity contribution < 1.29 is 13.2 Å². The van der Waals surface area contributed by atoms with Gasteiger partial charge in [-0.1, -0.05) is 19.8 Å². The maximum atomic E-state index is 12.3. The van der Waals surface area contributed by atoms with Crippen LogP contribution in [0.4, 0.5) is 0 Å². The largest absolute Gasteiger partial charge is 0.344 e. The number of thiazole rings is 1. The van der Waals surface area contributed by atoms with Crippen molar-refractivity contribution in [2.24, 2.45) is 0 Å². The molecule has 124 valence electrons. The van der Waals surface area contributed by atoms with Crippen LogP contribution in [0.2, 0.25) is 0 Å². The highest BCUT2D eigenvalue weighted by Crippen LogP contribution is 2.28. The van der Waals surface area contributed by atoms with Gasteiger partial charge in [0.15, 0.2) is 9.84 Å². The molecule has 0 aliphatic heterocycles. The number of rotatable bonds is 6. The van der Waals surface area contributed by atoms with E-state index in [0.29, 0.717) is 19.3 Å². The number of nitrogens with zero attached hydrogens (tertiary/aromatic N) is 1. The molecule has 5 nitrogen and oxygen atoms in total. The van der Waals surface area contributed by atoms with Crippen LogP contribution in [0.25, 0.3) is 0 Å². The van der Waals surface area contributed by atoms with E-state index in [4.69, 9.17) is 0 Å². The second-order valence-corrected chi connectivity index (χ2v) is 9.38. The van der Waals surface area contributed by atoms with Gasteiger partial charge < -0.3 is 5.32 Å². The lowest BCUT2D eigenvalue weighted by molar-refractivity contribution is -0.120. The fourth-order valence-corrected chi connectivity index (χ4v) is 5.50. The third-order valence-electron chi connectivity index (χ3n) is 4.36. The van der Waals surface area contributed by atoms with Crippen LogP contribution >= 0.6 is 11.3 Å². The van der Waals surface area contributed by atoms with Crippen molar-refractivity contribution in [3.63, 3.8) is 0 Å². The number of hydrogen-bond donors (Lipinski definition) is 1. The third-order valence-corrected chi connectivity index (χ3v) is 7.73. The second-order valence-electron chi connectivity index (χ2n) is 6.24. The van der Waals surface area contributed by atoms with Gasteiger partial charge in [0.2, 0.25) is 5.91 Å². The van der Waals surface area contributed by atoms with E-state index in [1.165, 1.54) is 11.3 Å². The van der Waals surface area contributed by atoms with Crippen LogP contribution < -0.4 is 5.32 Å². The molecule has 22 heavy (non-hydrogen) atoms. The van der Waals surface area contributed by atoms with Crippen molar-refractivity contribution in [3.8, 4) is 0 Å². The Kier molecular flexibility index (Phi) is 5.27. The van der Waals surface area contributed by atoms with Gasteiger partial charge in [0.25, 0.3) is 0 Å². The Bertz CT molecular complexity index is 633. The van der Waals surface area contributed by atoms with Crippen LogP contribution in [0, 0.1) is 6.92 Å². The van der Waals surface area contributed by atoms with Crippen LogP contribution in [0.1, 0.15) is 56.7 Å². The van der Waals surface area contributed by atoms with E-state index >= 15 is 0 Å². The van der Waals surface area contributed by atoms with Crippen molar-refractivity contribution in [2.45, 2.75) is 63.7 Å². The Balaban J connectivity index is 2.06. The summed E-state index contributed by atoms with van der Waals surface area (Å²) in [6.07, 6.45) is 3.92. The fraction of sp³-hybridized carbons (Fsp3) is 0.733. The number of amides is 1. The van der Waals surface area contributed by atoms with E-state index in [0.717, 1.165) is 23.5 Å². The molecule has 1 aromatic heterocycles. The number of carbonyl (C=O) groups excluding carboxylic acids is 1. The molecular weight excluding hydrogens is 320 g/mol. The quantitative estimate of drug-likeness (QED) is 0.860. The summed E-state index contributed by atoms with van der Waals surface area (Å²) in [5, 5.41) is 5.30. The summed E-state index contributed by atoms with van der Waals surface area (Å²) in [6.45, 7) is 5.76. The summed E-state index contributed by atoms with van der Waals surface area (Å²) < 4.78 is 24.6. The SMILES string of the molecule is CC[C@@](C)(NC(=O)CS(=O)(=O)C1CCCC1)c1nc(C)cs1. The first-order valence-corrected chi connectivity index (χ1v) is 10.3. The predicted molar refractivity (Wildman–Crippen MR) is 88.7 cm³/mol. The molecule has 1 saturated carbocycles. The third kappa shape index (κ3) is 3.87. The molecule has 0 unspecified atom stereocenters. The van der Waals surface area contributed by atoms with Gasteiger partial charge in [-0.25, -0.2) is 13.4 Å². The number of nitrogens with one attached hydrogen (secondary N) is 1. The summed E-state index contributed by atoms with van der Waals surface area (Å²) in [4.78, 5) is 16.7. The molecule has 1 N–H and O–H groups in total. The van der Waals surface area contributed by atoms with E-state index in [2.05, 4.69) is 10.3 Å². The Hall–Kier alpha value is -0.950. The molecule has 1 amide bonds. The average Bonchev–Trinajstić information content (AvgIpc) is 3.08. The van der Waals surface area contributed by atoms with Crippen molar-refractivity contribution in [3.05, 3.63) is 16.1 Å². The Labute approximate surface area is 136 Å². The van der Waals surface area contributed by atoms with Gasteiger partial charge in [-0.05, 0) is 33.1 Å². The fourth-order valence-electron chi connectivity index (χ4n) is 2.79. The molecule has 0 radical (unpaired) electrons. The highest BCUT2D eigenvalue weighted by Gasteiger charge is 2.34. The number of hydrogen-bond acceptors (Lipinski definition) is 5. The second kappa shape index (κ2) is 6.66. The Morgan fingerprint density at radius 3 is 2.59 bits per heavy atom. The summed E-state index contributed by atoms with van der Waals surface area (Å²) in [6, 6.07) is 0. The molecule has 0 spiro atoms. The maximum Gasteiger partial charge on any atom is 0.235 e. The normalized spacial score (nSPS) is 19.0. The first-order chi connectivity index (χ1) is 10.3. The molecule has 0 saturated heterocycles. The van der Waals surface area contributed by atoms with Crippen molar-refractivity contribution >= 4 is 27.1 Å². The van der Waals surface area contributed by atoms with Crippen molar-refractivity contribution in [1.82, 2.24) is 10.3 Å². The van der Waals surface area contributed by atoms with E-state index in [1.54, 1.807) is 0 Å². The molecule has 2 rings (SSSR count). The minimum absolute atomic E-state index is 0.340. The van der Waals surface area contributed by atoms with Gasteiger partial charge in [0.1, 0.15) is 10.8 Å². The van der Waals surface area contributed by atoms with Crippen LogP contribution in [0.5, 0.6) is 0 Å². The molecule has 7 heteroatoms. The first kappa shape index (κ1) is 17.4. The maximum absolute atomic E-state index is 12.3. The highest BCUT2D eigenvalue weighted by molar-refractivity contribution is 7.92. The van der Waals surface area contributed by atoms with Gasteiger partial charge in [-0.15, -0.1) is 11.3 Å². The van der Waals surface area contributed by atoms with Gasteiger partial charge in [-0.2, -0.15) is 0 Å². The van der Waals surface area contributed by atoms with Gasteiger partial charge >= 0.3 is 0 Å².